The van der Waals surface area contributed by atoms with Gasteiger partial charge in [0, 0.05) is 18.8 Å². The first-order valence-corrected chi connectivity index (χ1v) is 11.2. The summed E-state index contributed by atoms with van der Waals surface area (Å²) in [7, 11) is 0. The highest BCUT2D eigenvalue weighted by Crippen LogP contribution is 2.37. The summed E-state index contributed by atoms with van der Waals surface area (Å²) in [5, 5.41) is 29.5. The molecule has 5 nitrogen and oxygen atoms in total. The molecule has 0 amide bonds. The van der Waals surface area contributed by atoms with Gasteiger partial charge in [0.1, 0.15) is 0 Å². The summed E-state index contributed by atoms with van der Waals surface area (Å²) in [5.41, 5.74) is 1.72. The minimum Gasteiger partial charge on any atom is -0.481 e. The summed E-state index contributed by atoms with van der Waals surface area (Å²) >= 11 is 0. The van der Waals surface area contributed by atoms with E-state index in [0.29, 0.717) is 25.2 Å². The third-order valence-electron chi connectivity index (χ3n) is 5.86. The molecule has 0 fully saturated rings. The molecule has 1 aliphatic carbocycles. The molecular weight excluding hydrogens is 368 g/mol. The highest BCUT2D eigenvalue weighted by molar-refractivity contribution is 5.95. The maximum absolute atomic E-state index is 12.0. The van der Waals surface area contributed by atoms with Gasteiger partial charge in [-0.05, 0) is 44.1 Å². The first kappa shape index (κ1) is 25.6. The molecule has 1 rings (SSSR count). The van der Waals surface area contributed by atoms with E-state index < -0.39 is 18.2 Å². The van der Waals surface area contributed by atoms with Gasteiger partial charge in [-0.2, -0.15) is 0 Å². The normalized spacial score (nSPS) is 21.7. The third kappa shape index (κ3) is 9.72. The second-order valence-corrected chi connectivity index (χ2v) is 8.60. The molecule has 1 aliphatic rings. The Bertz CT molecular complexity index is 578. The monoisotopic (exact) mass is 408 g/mol. The molecule has 166 valence electrons. The van der Waals surface area contributed by atoms with Gasteiger partial charge in [0.15, 0.2) is 5.78 Å². The van der Waals surface area contributed by atoms with Gasteiger partial charge in [0.25, 0.3) is 0 Å². The van der Waals surface area contributed by atoms with E-state index in [1.807, 2.05) is 6.08 Å². The summed E-state index contributed by atoms with van der Waals surface area (Å²) in [5.74, 6) is -0.516. The molecule has 0 bridgehead atoms. The number of carboxylic acid groups (broad SMARTS) is 1. The molecule has 0 aliphatic heterocycles. The fourth-order valence-electron chi connectivity index (χ4n) is 4.19. The molecule has 3 N–H and O–H groups in total. The van der Waals surface area contributed by atoms with Crippen LogP contribution >= 0.6 is 0 Å². The quantitative estimate of drug-likeness (QED) is 0.267. The summed E-state index contributed by atoms with van der Waals surface area (Å²) < 4.78 is 0. The number of Topliss-reactive ketones (excluding diaryl/α,β-unsaturated/α-hetero) is 1. The van der Waals surface area contributed by atoms with Gasteiger partial charge in [0.05, 0.1) is 12.2 Å². The first-order chi connectivity index (χ1) is 13.8. The fourth-order valence-corrected chi connectivity index (χ4v) is 4.19. The van der Waals surface area contributed by atoms with E-state index >= 15 is 0 Å². The Balaban J connectivity index is 2.65. The Hall–Kier alpha value is -1.46. The lowest BCUT2D eigenvalue weighted by atomic mass is 9.91. The minimum atomic E-state index is -0.765. The van der Waals surface area contributed by atoms with Gasteiger partial charge in [-0.1, -0.05) is 63.7 Å². The minimum absolute atomic E-state index is 0.00886. The van der Waals surface area contributed by atoms with Crippen LogP contribution in [-0.4, -0.2) is 39.3 Å². The van der Waals surface area contributed by atoms with Crippen LogP contribution in [0.2, 0.25) is 0 Å². The maximum atomic E-state index is 12.0. The van der Waals surface area contributed by atoms with Crippen LogP contribution in [0.3, 0.4) is 0 Å². The molecule has 0 aromatic heterocycles. The van der Waals surface area contributed by atoms with Crippen molar-refractivity contribution in [3.8, 4) is 0 Å². The summed E-state index contributed by atoms with van der Waals surface area (Å²) in [6, 6.07) is 0. The highest BCUT2D eigenvalue weighted by Gasteiger charge is 2.33. The number of carboxylic acids is 1. The van der Waals surface area contributed by atoms with E-state index in [2.05, 4.69) is 13.8 Å². The van der Waals surface area contributed by atoms with Crippen LogP contribution in [0, 0.1) is 11.8 Å². The van der Waals surface area contributed by atoms with Crippen LogP contribution in [0.1, 0.15) is 91.4 Å². The SMILES string of the molecule is CCCC[C@@H](C)C[C@H](O)/C=C/[C@@H]1C(CCCCCCC(=O)O)=C(C(C)=O)C[C@H]1O. The van der Waals surface area contributed by atoms with Crippen molar-refractivity contribution in [2.45, 2.75) is 104 Å². The van der Waals surface area contributed by atoms with Gasteiger partial charge >= 0.3 is 5.97 Å². The van der Waals surface area contributed by atoms with Crippen LogP contribution in [0.15, 0.2) is 23.3 Å². The van der Waals surface area contributed by atoms with Crippen LogP contribution in [0.25, 0.3) is 0 Å². The Labute approximate surface area is 175 Å². The zero-order valence-electron chi connectivity index (χ0n) is 18.4. The molecule has 0 unspecified atom stereocenters. The van der Waals surface area contributed by atoms with E-state index in [-0.39, 0.29) is 18.1 Å². The molecule has 5 heteroatoms. The van der Waals surface area contributed by atoms with E-state index in [9.17, 15) is 19.8 Å². The third-order valence-corrected chi connectivity index (χ3v) is 5.86. The van der Waals surface area contributed by atoms with E-state index in [1.54, 1.807) is 13.0 Å². The van der Waals surface area contributed by atoms with Crippen molar-refractivity contribution >= 4 is 11.8 Å². The zero-order valence-corrected chi connectivity index (χ0v) is 18.4. The van der Waals surface area contributed by atoms with Crippen molar-refractivity contribution in [3.63, 3.8) is 0 Å². The lowest BCUT2D eigenvalue weighted by Crippen LogP contribution is -2.16. The Morgan fingerprint density at radius 3 is 2.48 bits per heavy atom. The molecule has 0 saturated carbocycles. The average Bonchev–Trinajstić information content (AvgIpc) is 2.96. The summed E-state index contributed by atoms with van der Waals surface area (Å²) in [6.45, 7) is 5.86. The Morgan fingerprint density at radius 1 is 1.17 bits per heavy atom. The second-order valence-electron chi connectivity index (χ2n) is 8.60. The maximum Gasteiger partial charge on any atom is 0.303 e. The summed E-state index contributed by atoms with van der Waals surface area (Å²) in [6.07, 6.45) is 11.3. The Morgan fingerprint density at radius 2 is 1.86 bits per heavy atom. The van der Waals surface area contributed by atoms with Crippen molar-refractivity contribution in [2.75, 3.05) is 0 Å². The van der Waals surface area contributed by atoms with Gasteiger partial charge in [-0.3, -0.25) is 9.59 Å². The summed E-state index contributed by atoms with van der Waals surface area (Å²) in [4.78, 5) is 22.6. The number of aliphatic hydroxyl groups is 2. The van der Waals surface area contributed by atoms with Gasteiger partial charge in [-0.25, -0.2) is 0 Å². The molecule has 0 radical (unpaired) electrons. The molecular formula is C24H40O5. The number of hydrogen-bond acceptors (Lipinski definition) is 4. The van der Waals surface area contributed by atoms with E-state index in [1.165, 1.54) is 6.42 Å². The zero-order chi connectivity index (χ0) is 21.8. The number of aliphatic hydroxyl groups excluding tert-OH is 2. The molecule has 0 saturated heterocycles. The lowest BCUT2D eigenvalue weighted by molar-refractivity contribution is -0.137. The number of carbonyl (C=O) groups excluding carboxylic acids is 1. The smallest absolute Gasteiger partial charge is 0.303 e. The number of carbonyl (C=O) groups is 2. The standard InChI is InChI=1S/C24H40O5/c1-4-5-10-17(2)15-19(26)13-14-21-20(22(18(3)25)16-23(21)27)11-8-6-7-9-12-24(28)29/h13-14,17,19,21,23,26-27H,4-12,15-16H2,1-3H3,(H,28,29)/b14-13+/t17-,19-,21-,23-/m1/s1. The molecule has 29 heavy (non-hydrogen) atoms. The predicted molar refractivity (Wildman–Crippen MR) is 116 cm³/mol. The van der Waals surface area contributed by atoms with Crippen molar-refractivity contribution in [1.82, 2.24) is 0 Å². The topological polar surface area (TPSA) is 94.8 Å². The van der Waals surface area contributed by atoms with Crippen LogP contribution < -0.4 is 0 Å². The van der Waals surface area contributed by atoms with Crippen LogP contribution in [-0.2, 0) is 9.59 Å². The van der Waals surface area contributed by atoms with Crippen LogP contribution in [0.5, 0.6) is 0 Å². The van der Waals surface area contributed by atoms with Gasteiger partial charge < -0.3 is 15.3 Å². The number of ketones is 1. The molecule has 4 atom stereocenters. The largest absolute Gasteiger partial charge is 0.481 e. The van der Waals surface area contributed by atoms with Crippen molar-refractivity contribution in [3.05, 3.63) is 23.3 Å². The van der Waals surface area contributed by atoms with Crippen molar-refractivity contribution < 1.29 is 24.9 Å². The first-order valence-electron chi connectivity index (χ1n) is 11.2. The Kier molecular flexibility index (Phi) is 12.1. The second kappa shape index (κ2) is 13.7. The number of aliphatic carboxylic acids is 1. The molecule has 0 heterocycles. The number of rotatable bonds is 15. The highest BCUT2D eigenvalue weighted by atomic mass is 16.4. The molecule has 0 aromatic carbocycles. The van der Waals surface area contributed by atoms with Crippen LogP contribution in [0.4, 0.5) is 0 Å². The van der Waals surface area contributed by atoms with E-state index in [4.69, 9.17) is 5.11 Å². The van der Waals surface area contributed by atoms with Gasteiger partial charge in [-0.15, -0.1) is 0 Å². The fraction of sp³-hybridized carbons (Fsp3) is 0.750. The lowest BCUT2D eigenvalue weighted by Gasteiger charge is -2.17. The average molecular weight is 409 g/mol. The van der Waals surface area contributed by atoms with E-state index in [0.717, 1.165) is 49.7 Å². The molecule has 0 aromatic rings. The van der Waals surface area contributed by atoms with Crippen molar-refractivity contribution in [2.24, 2.45) is 11.8 Å². The molecule has 0 spiro atoms. The number of unbranched alkanes of at least 4 members (excludes halogenated alkanes) is 4. The van der Waals surface area contributed by atoms with Gasteiger partial charge in [0.2, 0.25) is 0 Å². The number of hydrogen-bond donors (Lipinski definition) is 3. The van der Waals surface area contributed by atoms with Crippen molar-refractivity contribution in [1.29, 1.82) is 0 Å². The predicted octanol–water partition coefficient (Wildman–Crippen LogP) is 4.81.